The van der Waals surface area contributed by atoms with Crippen LogP contribution in [0.2, 0.25) is 0 Å². The van der Waals surface area contributed by atoms with Crippen LogP contribution < -0.4 is 0 Å². The van der Waals surface area contributed by atoms with Crippen LogP contribution in [0, 0.1) is 11.8 Å². The van der Waals surface area contributed by atoms with Crippen molar-refractivity contribution >= 4 is 0 Å². The Morgan fingerprint density at radius 3 is 2.58 bits per heavy atom. The average molecular weight is 160 g/mol. The molecule has 0 spiro atoms. The zero-order valence-electron chi connectivity index (χ0n) is 8.15. The van der Waals surface area contributed by atoms with Gasteiger partial charge in [0.1, 0.15) is 0 Å². The maximum atomic E-state index is 3.68. The van der Waals surface area contributed by atoms with Gasteiger partial charge in [-0.05, 0) is 19.9 Å². The molecule has 0 saturated heterocycles. The van der Waals surface area contributed by atoms with Gasteiger partial charge in [0.05, 0.1) is 0 Å². The molecular formula is C12H16. The highest BCUT2D eigenvalue weighted by Gasteiger charge is 1.84. The fraction of sp³-hybridized carbons (Fsp3) is 0.333. The van der Waals surface area contributed by atoms with Gasteiger partial charge >= 0.3 is 0 Å². The molecule has 0 fully saturated rings. The van der Waals surface area contributed by atoms with E-state index in [-0.39, 0.29) is 0 Å². The summed E-state index contributed by atoms with van der Waals surface area (Å²) in [6.45, 7) is 9.74. The summed E-state index contributed by atoms with van der Waals surface area (Å²) in [6, 6.07) is 0. The lowest BCUT2D eigenvalue weighted by molar-refractivity contribution is 1.28. The molecule has 0 atom stereocenters. The van der Waals surface area contributed by atoms with Crippen molar-refractivity contribution in [3.63, 3.8) is 0 Å². The van der Waals surface area contributed by atoms with Crippen molar-refractivity contribution in [3.05, 3.63) is 36.0 Å². The Hall–Kier alpha value is -1.22. The molecule has 0 amide bonds. The van der Waals surface area contributed by atoms with Crippen LogP contribution in [-0.2, 0) is 0 Å². The van der Waals surface area contributed by atoms with Crippen LogP contribution in [0.15, 0.2) is 36.0 Å². The second kappa shape index (κ2) is 6.49. The molecule has 0 heterocycles. The van der Waals surface area contributed by atoms with E-state index in [4.69, 9.17) is 0 Å². The minimum atomic E-state index is 0.901. The minimum absolute atomic E-state index is 0.901. The summed E-state index contributed by atoms with van der Waals surface area (Å²) in [4.78, 5) is 0. The Morgan fingerprint density at radius 2 is 2.17 bits per heavy atom. The van der Waals surface area contributed by atoms with Crippen LogP contribution in [0.1, 0.15) is 27.2 Å². The summed E-state index contributed by atoms with van der Waals surface area (Å²) in [5.41, 5.74) is 2.21. The molecule has 0 nitrogen and oxygen atoms in total. The predicted molar refractivity (Wildman–Crippen MR) is 55.8 cm³/mol. The summed E-state index contributed by atoms with van der Waals surface area (Å²) in [6.07, 6.45) is 6.78. The van der Waals surface area contributed by atoms with Crippen LogP contribution in [0.5, 0.6) is 0 Å². The van der Waals surface area contributed by atoms with Crippen LogP contribution in [-0.4, -0.2) is 0 Å². The van der Waals surface area contributed by atoms with Gasteiger partial charge in [-0.1, -0.05) is 43.1 Å². The molecule has 0 aromatic heterocycles. The molecule has 12 heavy (non-hydrogen) atoms. The molecule has 64 valence electrons. The number of rotatable bonds is 2. The minimum Gasteiger partial charge on any atom is -0.0988 e. The molecule has 0 aromatic carbocycles. The Kier molecular flexibility index (Phi) is 5.83. The molecule has 0 heteroatoms. The third-order valence-corrected chi connectivity index (χ3v) is 1.43. The second-order valence-electron chi connectivity index (χ2n) is 2.49. The highest BCUT2D eigenvalue weighted by molar-refractivity contribution is 5.41. The van der Waals surface area contributed by atoms with E-state index in [0.29, 0.717) is 0 Å². The van der Waals surface area contributed by atoms with E-state index in [0.717, 1.165) is 17.6 Å². The van der Waals surface area contributed by atoms with Crippen molar-refractivity contribution in [1.29, 1.82) is 0 Å². The van der Waals surface area contributed by atoms with Gasteiger partial charge in [-0.25, -0.2) is 0 Å². The molecule has 0 unspecified atom stereocenters. The van der Waals surface area contributed by atoms with Gasteiger partial charge in [0, 0.05) is 12.0 Å². The van der Waals surface area contributed by atoms with Gasteiger partial charge < -0.3 is 0 Å². The fourth-order valence-electron chi connectivity index (χ4n) is 0.686. The Bertz CT molecular complexity index is 253. The van der Waals surface area contributed by atoms with Crippen LogP contribution in [0.25, 0.3) is 0 Å². The lowest BCUT2D eigenvalue weighted by Crippen LogP contribution is -1.74. The third-order valence-electron chi connectivity index (χ3n) is 1.43. The zero-order valence-corrected chi connectivity index (χ0v) is 8.15. The molecule has 0 saturated carbocycles. The molecule has 0 aliphatic rings. The molecule has 0 bridgehead atoms. The molecule has 0 aromatic rings. The van der Waals surface area contributed by atoms with Gasteiger partial charge in [0.2, 0.25) is 0 Å². The molecule has 0 radical (unpaired) electrons. The lowest BCUT2D eigenvalue weighted by Gasteiger charge is -1.90. The molecule has 0 N–H and O–H groups in total. The summed E-state index contributed by atoms with van der Waals surface area (Å²) in [5.74, 6) is 6.10. The van der Waals surface area contributed by atoms with Gasteiger partial charge in [0.25, 0.3) is 0 Å². The van der Waals surface area contributed by atoms with Crippen molar-refractivity contribution in [1.82, 2.24) is 0 Å². The van der Waals surface area contributed by atoms with Crippen LogP contribution >= 0.6 is 0 Å². The quantitative estimate of drug-likeness (QED) is 0.428. The van der Waals surface area contributed by atoms with Gasteiger partial charge in [-0.3, -0.25) is 0 Å². The highest BCUT2D eigenvalue weighted by Crippen LogP contribution is 2.01. The Balaban J connectivity index is 4.50. The smallest absolute Gasteiger partial charge is 0.0205 e. The van der Waals surface area contributed by atoms with Crippen molar-refractivity contribution in [2.45, 2.75) is 27.2 Å². The van der Waals surface area contributed by atoms with E-state index in [2.05, 4.69) is 18.4 Å². The maximum absolute atomic E-state index is 3.68. The predicted octanol–water partition coefficient (Wildman–Crippen LogP) is 3.48. The van der Waals surface area contributed by atoms with E-state index < -0.39 is 0 Å². The lowest BCUT2D eigenvalue weighted by atomic mass is 10.1. The molecular weight excluding hydrogens is 144 g/mol. The van der Waals surface area contributed by atoms with Crippen LogP contribution in [0.3, 0.4) is 0 Å². The largest absolute Gasteiger partial charge is 0.0988 e. The summed E-state index contributed by atoms with van der Waals surface area (Å²) in [5, 5.41) is 0. The van der Waals surface area contributed by atoms with E-state index in [9.17, 15) is 0 Å². The van der Waals surface area contributed by atoms with E-state index in [1.54, 1.807) is 0 Å². The van der Waals surface area contributed by atoms with Crippen molar-refractivity contribution in [2.75, 3.05) is 0 Å². The highest BCUT2D eigenvalue weighted by atomic mass is 13.9. The number of hydrogen-bond donors (Lipinski definition) is 0. The SMILES string of the molecule is C=C/C(C)=C\C(C#CCC)=C/C. The first-order valence-electron chi connectivity index (χ1n) is 4.20. The van der Waals surface area contributed by atoms with Gasteiger partial charge in [-0.2, -0.15) is 0 Å². The van der Waals surface area contributed by atoms with E-state index in [1.807, 2.05) is 39.0 Å². The third kappa shape index (κ3) is 4.57. The number of hydrogen-bond acceptors (Lipinski definition) is 0. The first-order chi connectivity index (χ1) is 5.74. The second-order valence-corrected chi connectivity index (χ2v) is 2.49. The topological polar surface area (TPSA) is 0 Å². The van der Waals surface area contributed by atoms with Crippen LogP contribution in [0.4, 0.5) is 0 Å². The standard InChI is InChI=1S/C12H16/c1-5-8-9-12(7-3)10-11(4)6-2/h6-7,10H,2,5H2,1,3-4H3/b11-10-,12-7-. The molecule has 0 aliphatic carbocycles. The van der Waals surface area contributed by atoms with Gasteiger partial charge in [-0.15, -0.1) is 0 Å². The van der Waals surface area contributed by atoms with Gasteiger partial charge in [0.15, 0.2) is 0 Å². The van der Waals surface area contributed by atoms with Crippen molar-refractivity contribution in [2.24, 2.45) is 0 Å². The molecule has 0 aliphatic heterocycles. The summed E-state index contributed by atoms with van der Waals surface area (Å²) < 4.78 is 0. The normalized spacial score (nSPS) is 11.9. The van der Waals surface area contributed by atoms with Crippen molar-refractivity contribution in [3.8, 4) is 11.8 Å². The maximum Gasteiger partial charge on any atom is 0.0205 e. The van der Waals surface area contributed by atoms with Crippen molar-refractivity contribution < 1.29 is 0 Å². The fourth-order valence-corrected chi connectivity index (χ4v) is 0.686. The summed E-state index contributed by atoms with van der Waals surface area (Å²) >= 11 is 0. The zero-order chi connectivity index (χ0) is 9.40. The average Bonchev–Trinajstić information content (AvgIpc) is 2.11. The number of allylic oxidation sites excluding steroid dienone is 5. The van der Waals surface area contributed by atoms with E-state index in [1.165, 1.54) is 0 Å². The Labute approximate surface area is 75.7 Å². The monoisotopic (exact) mass is 160 g/mol. The Morgan fingerprint density at radius 1 is 1.50 bits per heavy atom. The summed E-state index contributed by atoms with van der Waals surface area (Å²) in [7, 11) is 0. The first kappa shape index (κ1) is 10.8. The molecule has 0 rings (SSSR count). The van der Waals surface area contributed by atoms with E-state index >= 15 is 0 Å². The first-order valence-corrected chi connectivity index (χ1v) is 4.20.